The van der Waals surface area contributed by atoms with Crippen molar-refractivity contribution in [3.05, 3.63) is 68.5 Å². The van der Waals surface area contributed by atoms with Gasteiger partial charge in [0, 0.05) is 9.17 Å². The number of thiophene rings is 1. The Kier molecular flexibility index (Phi) is 4.16. The Hall–Kier alpha value is -1.16. The molecule has 0 aliphatic heterocycles. The maximum atomic E-state index is 3.65. The van der Waals surface area contributed by atoms with Crippen molar-refractivity contribution >= 4 is 37.4 Å². The van der Waals surface area contributed by atoms with Crippen molar-refractivity contribution < 1.29 is 0 Å². The van der Waals surface area contributed by atoms with Crippen LogP contribution in [0.1, 0.15) is 28.3 Å². The lowest BCUT2D eigenvalue weighted by Gasteiger charge is -2.19. The van der Waals surface area contributed by atoms with E-state index in [0.29, 0.717) is 0 Å². The van der Waals surface area contributed by atoms with Gasteiger partial charge in [-0.25, -0.2) is 0 Å². The molecule has 3 rings (SSSR count). The molecule has 0 aliphatic carbocycles. The van der Waals surface area contributed by atoms with Gasteiger partial charge in [-0.05, 0) is 70.3 Å². The Morgan fingerprint density at radius 2 is 1.90 bits per heavy atom. The number of hydrogen-bond donors (Lipinski definition) is 1. The molecule has 1 heterocycles. The molecule has 21 heavy (non-hydrogen) atoms. The van der Waals surface area contributed by atoms with Crippen molar-refractivity contribution in [2.24, 2.45) is 0 Å². The van der Waals surface area contributed by atoms with Crippen LogP contribution in [-0.4, -0.2) is 7.05 Å². The molecule has 0 saturated carbocycles. The highest BCUT2D eigenvalue weighted by molar-refractivity contribution is 9.10. The topological polar surface area (TPSA) is 12.0 Å². The van der Waals surface area contributed by atoms with Crippen molar-refractivity contribution in [3.8, 4) is 0 Å². The van der Waals surface area contributed by atoms with E-state index in [1.807, 2.05) is 7.05 Å². The molecule has 0 fully saturated rings. The summed E-state index contributed by atoms with van der Waals surface area (Å²) in [4.78, 5) is 0. The quantitative estimate of drug-likeness (QED) is 0.642. The van der Waals surface area contributed by atoms with Crippen LogP contribution in [0.2, 0.25) is 0 Å². The van der Waals surface area contributed by atoms with E-state index in [1.54, 1.807) is 11.3 Å². The Labute approximate surface area is 138 Å². The summed E-state index contributed by atoms with van der Waals surface area (Å²) in [6.45, 7) is 4.33. The summed E-state index contributed by atoms with van der Waals surface area (Å²) in [5.74, 6) is 0. The van der Waals surface area contributed by atoms with Crippen molar-refractivity contribution in [2.45, 2.75) is 19.9 Å². The van der Waals surface area contributed by atoms with Crippen LogP contribution in [-0.2, 0) is 0 Å². The lowest BCUT2D eigenvalue weighted by molar-refractivity contribution is 0.694. The molecule has 1 atom stereocenters. The van der Waals surface area contributed by atoms with Gasteiger partial charge in [-0.1, -0.05) is 35.9 Å². The molecule has 0 amide bonds. The Balaban J connectivity index is 2.19. The number of halogens is 1. The van der Waals surface area contributed by atoms with Crippen molar-refractivity contribution in [1.29, 1.82) is 0 Å². The molecule has 1 aromatic heterocycles. The fourth-order valence-corrected chi connectivity index (χ4v) is 4.46. The third-order valence-corrected chi connectivity index (χ3v) is 5.90. The van der Waals surface area contributed by atoms with E-state index >= 15 is 0 Å². The molecule has 0 saturated heterocycles. The maximum absolute atomic E-state index is 3.65. The number of hydrogen-bond acceptors (Lipinski definition) is 2. The first-order valence-electron chi connectivity index (χ1n) is 7.02. The first-order chi connectivity index (χ1) is 10.1. The zero-order valence-electron chi connectivity index (χ0n) is 12.4. The number of rotatable bonds is 3. The molecular weight excluding hydrogens is 342 g/mol. The van der Waals surface area contributed by atoms with Crippen LogP contribution in [0.25, 0.3) is 10.1 Å². The fourth-order valence-electron chi connectivity index (χ4n) is 2.81. The van der Waals surface area contributed by atoms with E-state index in [1.165, 1.54) is 36.8 Å². The van der Waals surface area contributed by atoms with E-state index in [9.17, 15) is 0 Å². The van der Waals surface area contributed by atoms with Gasteiger partial charge in [-0.15, -0.1) is 11.3 Å². The Bertz CT molecular complexity index is 791. The minimum atomic E-state index is 0.230. The third kappa shape index (κ3) is 2.66. The smallest absolute Gasteiger partial charge is 0.0591 e. The fraction of sp³-hybridized carbons (Fsp3) is 0.222. The Morgan fingerprint density at radius 1 is 1.10 bits per heavy atom. The minimum absolute atomic E-state index is 0.230. The minimum Gasteiger partial charge on any atom is -0.309 e. The maximum Gasteiger partial charge on any atom is 0.0591 e. The number of nitrogens with one attached hydrogen (secondary N) is 1. The lowest BCUT2D eigenvalue weighted by Crippen LogP contribution is -2.18. The molecule has 0 bridgehead atoms. The van der Waals surface area contributed by atoms with Gasteiger partial charge in [0.1, 0.15) is 0 Å². The SMILES string of the molecule is CNC(c1cc(C)ccc1C)c1csc2c(Br)cccc12. The number of benzene rings is 2. The highest BCUT2D eigenvalue weighted by atomic mass is 79.9. The lowest BCUT2D eigenvalue weighted by atomic mass is 9.93. The van der Waals surface area contributed by atoms with Gasteiger partial charge in [0.25, 0.3) is 0 Å². The zero-order chi connectivity index (χ0) is 15.0. The van der Waals surface area contributed by atoms with Gasteiger partial charge in [0.2, 0.25) is 0 Å². The summed E-state index contributed by atoms with van der Waals surface area (Å²) in [5.41, 5.74) is 5.34. The average Bonchev–Trinajstić information content (AvgIpc) is 2.89. The molecule has 0 radical (unpaired) electrons. The van der Waals surface area contributed by atoms with Crippen LogP contribution >= 0.6 is 27.3 Å². The molecule has 3 aromatic rings. The highest BCUT2D eigenvalue weighted by Crippen LogP contribution is 2.37. The number of fused-ring (bicyclic) bond motifs is 1. The van der Waals surface area contributed by atoms with Crippen molar-refractivity contribution in [2.75, 3.05) is 7.05 Å². The predicted molar refractivity (Wildman–Crippen MR) is 96.3 cm³/mol. The van der Waals surface area contributed by atoms with Crippen molar-refractivity contribution in [3.63, 3.8) is 0 Å². The largest absolute Gasteiger partial charge is 0.309 e. The molecule has 3 heteroatoms. The van der Waals surface area contributed by atoms with Gasteiger partial charge in [0.15, 0.2) is 0 Å². The highest BCUT2D eigenvalue weighted by Gasteiger charge is 2.18. The second kappa shape index (κ2) is 5.91. The van der Waals surface area contributed by atoms with Crippen LogP contribution in [0, 0.1) is 13.8 Å². The van der Waals surface area contributed by atoms with Crippen LogP contribution in [0.3, 0.4) is 0 Å². The van der Waals surface area contributed by atoms with Crippen molar-refractivity contribution in [1.82, 2.24) is 5.32 Å². The summed E-state index contributed by atoms with van der Waals surface area (Å²) in [6, 6.07) is 13.3. The first kappa shape index (κ1) is 14.8. The monoisotopic (exact) mass is 359 g/mol. The summed E-state index contributed by atoms with van der Waals surface area (Å²) in [6.07, 6.45) is 0. The molecule has 108 valence electrons. The van der Waals surface area contributed by atoms with E-state index in [4.69, 9.17) is 0 Å². The van der Waals surface area contributed by atoms with Crippen LogP contribution in [0.5, 0.6) is 0 Å². The Morgan fingerprint density at radius 3 is 2.67 bits per heavy atom. The third-order valence-electron chi connectivity index (χ3n) is 3.93. The predicted octanol–water partition coefficient (Wildman–Crippen LogP) is 5.59. The summed E-state index contributed by atoms with van der Waals surface area (Å²) < 4.78 is 2.49. The molecule has 1 unspecified atom stereocenters. The van der Waals surface area contributed by atoms with Crippen LogP contribution in [0.15, 0.2) is 46.3 Å². The molecule has 0 aliphatic rings. The van der Waals surface area contributed by atoms with Gasteiger partial charge < -0.3 is 5.32 Å². The second-order valence-electron chi connectivity index (χ2n) is 5.39. The van der Waals surface area contributed by atoms with Crippen LogP contribution < -0.4 is 5.32 Å². The standard InChI is InChI=1S/C18H18BrNS/c1-11-7-8-12(2)14(9-11)17(20-3)15-10-21-18-13(15)5-4-6-16(18)19/h4-10,17,20H,1-3H3. The van der Waals surface area contributed by atoms with Crippen LogP contribution in [0.4, 0.5) is 0 Å². The summed E-state index contributed by atoms with van der Waals surface area (Å²) >= 11 is 5.46. The van der Waals surface area contributed by atoms with E-state index in [2.05, 4.69) is 76.9 Å². The van der Waals surface area contributed by atoms with Gasteiger partial charge >= 0.3 is 0 Å². The molecule has 2 aromatic carbocycles. The normalized spacial score (nSPS) is 12.8. The van der Waals surface area contributed by atoms with E-state index in [0.717, 1.165) is 0 Å². The van der Waals surface area contributed by atoms with Gasteiger partial charge in [0.05, 0.1) is 6.04 Å². The summed E-state index contributed by atoms with van der Waals surface area (Å²) in [5, 5.41) is 7.10. The van der Waals surface area contributed by atoms with Gasteiger partial charge in [-0.2, -0.15) is 0 Å². The molecule has 0 spiro atoms. The molecule has 1 nitrogen and oxygen atoms in total. The molecular formula is C18H18BrNS. The van der Waals surface area contributed by atoms with E-state index in [-0.39, 0.29) is 6.04 Å². The average molecular weight is 360 g/mol. The first-order valence-corrected chi connectivity index (χ1v) is 8.69. The second-order valence-corrected chi connectivity index (χ2v) is 7.12. The number of aryl methyl sites for hydroxylation is 2. The zero-order valence-corrected chi connectivity index (χ0v) is 14.8. The van der Waals surface area contributed by atoms with Gasteiger partial charge in [-0.3, -0.25) is 0 Å². The van der Waals surface area contributed by atoms with E-state index < -0.39 is 0 Å². The summed E-state index contributed by atoms with van der Waals surface area (Å²) in [7, 11) is 2.04. The molecule has 1 N–H and O–H groups in total.